The Balaban J connectivity index is 3.06. The van der Waals surface area contributed by atoms with Crippen molar-refractivity contribution in [2.24, 2.45) is 0 Å². The summed E-state index contributed by atoms with van der Waals surface area (Å²) < 4.78 is 6.40. The summed E-state index contributed by atoms with van der Waals surface area (Å²) in [6.07, 6.45) is 2.05. The van der Waals surface area contributed by atoms with Gasteiger partial charge in [-0.15, -0.1) is 11.8 Å². The summed E-state index contributed by atoms with van der Waals surface area (Å²) in [7, 11) is 1.70. The first-order chi connectivity index (χ1) is 5.27. The highest BCUT2D eigenvalue weighted by molar-refractivity contribution is 14.1. The quantitative estimate of drug-likeness (QED) is 0.608. The summed E-state index contributed by atoms with van der Waals surface area (Å²) in [5, 5.41) is 0. The molecular formula is C8H9IOS. The smallest absolute Gasteiger partial charge is 0.133 e. The zero-order valence-electron chi connectivity index (χ0n) is 6.43. The Kier molecular flexibility index (Phi) is 3.51. The molecule has 0 N–H and O–H groups in total. The molecule has 0 radical (unpaired) electrons. The predicted octanol–water partition coefficient (Wildman–Crippen LogP) is 3.02. The van der Waals surface area contributed by atoms with Gasteiger partial charge in [-0.05, 0) is 47.0 Å². The number of halogens is 1. The van der Waals surface area contributed by atoms with Gasteiger partial charge >= 0.3 is 0 Å². The van der Waals surface area contributed by atoms with Gasteiger partial charge in [-0.25, -0.2) is 0 Å². The zero-order chi connectivity index (χ0) is 8.27. The number of thioether (sulfide) groups is 1. The van der Waals surface area contributed by atoms with E-state index in [4.69, 9.17) is 4.74 Å². The lowest BCUT2D eigenvalue weighted by atomic mass is 10.3. The van der Waals surface area contributed by atoms with Crippen molar-refractivity contribution in [2.75, 3.05) is 13.4 Å². The molecule has 0 aliphatic carbocycles. The Morgan fingerprint density at radius 2 is 2.18 bits per heavy atom. The second kappa shape index (κ2) is 4.21. The standard InChI is InChI=1S/C8H9IOS/c1-10-7-5-6(9)3-4-8(7)11-2/h3-5H,1-2H3. The Hall–Kier alpha value is 0.1000. The van der Waals surface area contributed by atoms with Crippen LogP contribution in [0.15, 0.2) is 23.1 Å². The van der Waals surface area contributed by atoms with Gasteiger partial charge < -0.3 is 4.74 Å². The van der Waals surface area contributed by atoms with Crippen LogP contribution in [-0.2, 0) is 0 Å². The highest BCUT2D eigenvalue weighted by Crippen LogP contribution is 2.28. The minimum atomic E-state index is 0.962. The molecule has 1 aromatic rings. The molecule has 3 heteroatoms. The van der Waals surface area contributed by atoms with Crippen LogP contribution in [0.3, 0.4) is 0 Å². The average molecular weight is 280 g/mol. The fourth-order valence-electron chi connectivity index (χ4n) is 0.810. The number of benzene rings is 1. The molecule has 0 bridgehead atoms. The number of ether oxygens (including phenoxy) is 1. The van der Waals surface area contributed by atoms with Crippen molar-refractivity contribution >= 4 is 34.4 Å². The normalized spacial score (nSPS) is 9.73. The summed E-state index contributed by atoms with van der Waals surface area (Å²) in [6, 6.07) is 6.19. The van der Waals surface area contributed by atoms with E-state index >= 15 is 0 Å². The number of hydrogen-bond donors (Lipinski definition) is 0. The number of hydrogen-bond acceptors (Lipinski definition) is 2. The van der Waals surface area contributed by atoms with E-state index in [9.17, 15) is 0 Å². The van der Waals surface area contributed by atoms with Crippen molar-refractivity contribution in [1.29, 1.82) is 0 Å². The molecule has 0 heterocycles. The van der Waals surface area contributed by atoms with E-state index in [2.05, 4.69) is 34.7 Å². The van der Waals surface area contributed by atoms with Gasteiger partial charge in [0.2, 0.25) is 0 Å². The Labute approximate surface area is 84.7 Å². The van der Waals surface area contributed by atoms with Crippen molar-refractivity contribution in [1.82, 2.24) is 0 Å². The van der Waals surface area contributed by atoms with E-state index in [-0.39, 0.29) is 0 Å². The van der Waals surface area contributed by atoms with Crippen molar-refractivity contribution in [2.45, 2.75) is 4.90 Å². The molecule has 0 amide bonds. The largest absolute Gasteiger partial charge is 0.496 e. The topological polar surface area (TPSA) is 9.23 Å². The summed E-state index contributed by atoms with van der Waals surface area (Å²) in [6.45, 7) is 0. The van der Waals surface area contributed by atoms with Crippen LogP contribution >= 0.6 is 34.4 Å². The molecule has 0 saturated carbocycles. The van der Waals surface area contributed by atoms with Crippen LogP contribution in [0.4, 0.5) is 0 Å². The van der Waals surface area contributed by atoms with Crippen LogP contribution in [0.2, 0.25) is 0 Å². The average Bonchev–Trinajstić information content (AvgIpc) is 2.04. The van der Waals surface area contributed by atoms with Gasteiger partial charge in [-0.1, -0.05) is 0 Å². The summed E-state index contributed by atoms with van der Waals surface area (Å²) in [5.74, 6) is 0.962. The molecule has 0 atom stereocenters. The molecule has 0 unspecified atom stereocenters. The highest BCUT2D eigenvalue weighted by atomic mass is 127. The summed E-state index contributed by atoms with van der Waals surface area (Å²) in [5.41, 5.74) is 0. The summed E-state index contributed by atoms with van der Waals surface area (Å²) in [4.78, 5) is 1.19. The minimum Gasteiger partial charge on any atom is -0.496 e. The zero-order valence-corrected chi connectivity index (χ0v) is 9.40. The molecule has 0 aromatic heterocycles. The third-order valence-electron chi connectivity index (χ3n) is 1.35. The second-order valence-electron chi connectivity index (χ2n) is 2.00. The first kappa shape index (κ1) is 9.19. The van der Waals surface area contributed by atoms with E-state index < -0.39 is 0 Å². The van der Waals surface area contributed by atoms with Crippen molar-refractivity contribution < 1.29 is 4.74 Å². The molecule has 0 aliphatic rings. The van der Waals surface area contributed by atoms with E-state index in [0.29, 0.717) is 0 Å². The van der Waals surface area contributed by atoms with Gasteiger partial charge in [0.1, 0.15) is 5.75 Å². The Morgan fingerprint density at radius 1 is 1.45 bits per heavy atom. The van der Waals surface area contributed by atoms with Gasteiger partial charge in [-0.2, -0.15) is 0 Å². The molecule has 60 valence electrons. The Bertz CT molecular complexity index is 250. The molecule has 1 nitrogen and oxygen atoms in total. The fourth-order valence-corrected chi connectivity index (χ4v) is 1.82. The molecule has 1 rings (SSSR count). The molecule has 0 saturated heterocycles. The van der Waals surface area contributed by atoms with Crippen molar-refractivity contribution in [3.8, 4) is 5.75 Å². The molecular weight excluding hydrogens is 271 g/mol. The second-order valence-corrected chi connectivity index (χ2v) is 4.09. The van der Waals surface area contributed by atoms with E-state index in [1.165, 1.54) is 8.47 Å². The predicted molar refractivity (Wildman–Crippen MR) is 57.5 cm³/mol. The minimum absolute atomic E-state index is 0.962. The van der Waals surface area contributed by atoms with Crippen molar-refractivity contribution in [3.63, 3.8) is 0 Å². The highest BCUT2D eigenvalue weighted by Gasteiger charge is 2.00. The van der Waals surface area contributed by atoms with Crippen LogP contribution in [0.5, 0.6) is 5.75 Å². The monoisotopic (exact) mass is 280 g/mol. The molecule has 1 aromatic carbocycles. The lowest BCUT2D eigenvalue weighted by Crippen LogP contribution is -1.85. The third-order valence-corrected chi connectivity index (χ3v) is 2.79. The first-order valence-electron chi connectivity index (χ1n) is 3.15. The van der Waals surface area contributed by atoms with Crippen LogP contribution in [-0.4, -0.2) is 13.4 Å². The van der Waals surface area contributed by atoms with E-state index in [1.807, 2.05) is 12.3 Å². The molecule has 11 heavy (non-hydrogen) atoms. The van der Waals surface area contributed by atoms with Crippen LogP contribution in [0, 0.1) is 3.57 Å². The molecule has 0 fully saturated rings. The first-order valence-corrected chi connectivity index (χ1v) is 5.46. The lowest BCUT2D eigenvalue weighted by Gasteiger charge is -2.05. The van der Waals surface area contributed by atoms with Gasteiger partial charge in [0.15, 0.2) is 0 Å². The third kappa shape index (κ3) is 2.27. The molecule has 0 spiro atoms. The molecule has 0 aliphatic heterocycles. The lowest BCUT2D eigenvalue weighted by molar-refractivity contribution is 0.404. The SMILES string of the molecule is COc1cc(I)ccc1SC. The number of rotatable bonds is 2. The maximum atomic E-state index is 5.19. The van der Waals surface area contributed by atoms with Gasteiger partial charge in [0.25, 0.3) is 0 Å². The van der Waals surface area contributed by atoms with Crippen LogP contribution < -0.4 is 4.74 Å². The van der Waals surface area contributed by atoms with Crippen molar-refractivity contribution in [3.05, 3.63) is 21.8 Å². The summed E-state index contributed by atoms with van der Waals surface area (Å²) >= 11 is 3.97. The Morgan fingerprint density at radius 3 is 2.73 bits per heavy atom. The maximum absolute atomic E-state index is 5.19. The van der Waals surface area contributed by atoms with Gasteiger partial charge in [-0.3, -0.25) is 0 Å². The van der Waals surface area contributed by atoms with E-state index in [1.54, 1.807) is 18.9 Å². The number of methoxy groups -OCH3 is 1. The maximum Gasteiger partial charge on any atom is 0.133 e. The van der Waals surface area contributed by atoms with Crippen LogP contribution in [0.1, 0.15) is 0 Å². The van der Waals surface area contributed by atoms with Gasteiger partial charge in [0, 0.05) is 8.47 Å². The van der Waals surface area contributed by atoms with Gasteiger partial charge in [0.05, 0.1) is 7.11 Å². The van der Waals surface area contributed by atoms with E-state index in [0.717, 1.165) is 5.75 Å². The van der Waals surface area contributed by atoms with Crippen LogP contribution in [0.25, 0.3) is 0 Å². The fraction of sp³-hybridized carbons (Fsp3) is 0.250.